The van der Waals surface area contributed by atoms with Crippen molar-refractivity contribution in [3.8, 4) is 10.6 Å². The van der Waals surface area contributed by atoms with Crippen molar-refractivity contribution >= 4 is 23.3 Å². The normalized spacial score (nSPS) is 11.5. The number of hydrogen-bond donors (Lipinski definition) is 0. The smallest absolute Gasteiger partial charge is 0.313 e. The van der Waals surface area contributed by atoms with Crippen LogP contribution in [0.5, 0.6) is 0 Å². The zero-order valence-corrected chi connectivity index (χ0v) is 9.89. The van der Waals surface area contributed by atoms with Crippen molar-refractivity contribution in [2.45, 2.75) is 6.18 Å². The van der Waals surface area contributed by atoms with E-state index in [0.29, 0.717) is 5.69 Å². The molecule has 2 nitrogen and oxygen atoms in total. The highest BCUT2D eigenvalue weighted by Crippen LogP contribution is 2.30. The first kappa shape index (κ1) is 12.6. The maximum absolute atomic E-state index is 12.4. The number of hydrogen-bond acceptors (Lipinski definition) is 2. The Hall–Kier alpha value is -1.82. The van der Waals surface area contributed by atoms with Gasteiger partial charge in [0, 0.05) is 6.20 Å². The van der Waals surface area contributed by atoms with Gasteiger partial charge in [0.25, 0.3) is 5.78 Å². The quantitative estimate of drug-likeness (QED) is 0.771. The van der Waals surface area contributed by atoms with Crippen molar-refractivity contribution in [2.24, 2.45) is 0 Å². The van der Waals surface area contributed by atoms with E-state index in [-0.39, 0.29) is 0 Å². The van der Waals surface area contributed by atoms with Crippen molar-refractivity contribution in [2.75, 3.05) is 0 Å². The summed E-state index contributed by atoms with van der Waals surface area (Å²) in [6.07, 6.45) is -3.68. The van der Waals surface area contributed by atoms with Crippen LogP contribution in [0.4, 0.5) is 13.2 Å². The van der Waals surface area contributed by atoms with Crippen LogP contribution in [-0.4, -0.2) is 16.5 Å². The standard InChI is InChI=1S/C12H8F3NOS/c1-2-16-8(10-4-3-7-18-10)5-6-9(16)11(17)12(13,14)15/h2-7H,1H2. The molecule has 0 bridgehead atoms. The van der Waals surface area contributed by atoms with E-state index >= 15 is 0 Å². The van der Waals surface area contributed by atoms with Crippen molar-refractivity contribution in [1.29, 1.82) is 0 Å². The lowest BCUT2D eigenvalue weighted by Crippen LogP contribution is -2.24. The van der Waals surface area contributed by atoms with E-state index in [0.717, 1.165) is 15.5 Å². The van der Waals surface area contributed by atoms with E-state index in [1.54, 1.807) is 17.5 Å². The number of halogens is 3. The van der Waals surface area contributed by atoms with Gasteiger partial charge in [-0.1, -0.05) is 12.6 Å². The summed E-state index contributed by atoms with van der Waals surface area (Å²) in [6, 6.07) is 6.19. The highest BCUT2D eigenvalue weighted by Gasteiger charge is 2.41. The van der Waals surface area contributed by atoms with E-state index in [2.05, 4.69) is 6.58 Å². The molecule has 0 atom stereocenters. The molecule has 2 aromatic heterocycles. The van der Waals surface area contributed by atoms with E-state index in [4.69, 9.17) is 0 Å². The average molecular weight is 271 g/mol. The SMILES string of the molecule is C=Cn1c(C(=O)C(F)(F)F)ccc1-c1cccs1. The lowest BCUT2D eigenvalue weighted by Gasteiger charge is -2.08. The monoisotopic (exact) mass is 271 g/mol. The number of ketones is 1. The highest BCUT2D eigenvalue weighted by atomic mass is 32.1. The Morgan fingerprint density at radius 1 is 1.33 bits per heavy atom. The molecule has 2 rings (SSSR count). The molecule has 0 aromatic carbocycles. The Morgan fingerprint density at radius 2 is 2.06 bits per heavy atom. The van der Waals surface area contributed by atoms with Crippen LogP contribution in [0.15, 0.2) is 36.2 Å². The van der Waals surface area contributed by atoms with Gasteiger partial charge >= 0.3 is 6.18 Å². The van der Waals surface area contributed by atoms with Gasteiger partial charge < -0.3 is 4.57 Å². The fourth-order valence-electron chi connectivity index (χ4n) is 1.60. The third-order valence-electron chi connectivity index (χ3n) is 2.36. The summed E-state index contributed by atoms with van der Waals surface area (Å²) in [7, 11) is 0. The summed E-state index contributed by atoms with van der Waals surface area (Å²) < 4.78 is 38.4. The van der Waals surface area contributed by atoms with E-state index in [9.17, 15) is 18.0 Å². The third-order valence-corrected chi connectivity index (χ3v) is 3.26. The van der Waals surface area contributed by atoms with Crippen LogP contribution in [0.1, 0.15) is 10.5 Å². The van der Waals surface area contributed by atoms with Gasteiger partial charge in [-0.3, -0.25) is 4.79 Å². The minimum Gasteiger partial charge on any atom is -0.313 e. The van der Waals surface area contributed by atoms with Crippen molar-refractivity contribution in [3.63, 3.8) is 0 Å². The molecule has 0 aliphatic heterocycles. The Kier molecular flexibility index (Phi) is 3.13. The van der Waals surface area contributed by atoms with Gasteiger partial charge in [-0.05, 0) is 23.6 Å². The van der Waals surface area contributed by atoms with Crippen molar-refractivity contribution in [3.05, 3.63) is 41.9 Å². The minimum absolute atomic E-state index is 0.430. The van der Waals surface area contributed by atoms with E-state index < -0.39 is 17.7 Å². The lowest BCUT2D eigenvalue weighted by atomic mass is 10.3. The van der Waals surface area contributed by atoms with E-state index in [1.165, 1.54) is 23.6 Å². The summed E-state index contributed by atoms with van der Waals surface area (Å²) >= 11 is 1.38. The zero-order valence-electron chi connectivity index (χ0n) is 9.07. The summed E-state index contributed by atoms with van der Waals surface area (Å²) in [6.45, 7) is 3.45. The summed E-state index contributed by atoms with van der Waals surface area (Å²) in [5.74, 6) is -1.87. The van der Waals surface area contributed by atoms with Gasteiger partial charge in [-0.15, -0.1) is 11.3 Å². The first-order valence-electron chi connectivity index (χ1n) is 4.94. The largest absolute Gasteiger partial charge is 0.456 e. The molecule has 0 unspecified atom stereocenters. The minimum atomic E-state index is -4.88. The molecule has 0 saturated carbocycles. The number of nitrogens with zero attached hydrogens (tertiary/aromatic N) is 1. The molecule has 94 valence electrons. The second kappa shape index (κ2) is 4.45. The van der Waals surface area contributed by atoms with Gasteiger partial charge in [0.15, 0.2) is 0 Å². The Balaban J connectivity index is 2.53. The number of aromatic nitrogens is 1. The molecule has 0 aliphatic rings. The van der Waals surface area contributed by atoms with Gasteiger partial charge in [0.1, 0.15) is 0 Å². The maximum Gasteiger partial charge on any atom is 0.456 e. The van der Waals surface area contributed by atoms with Crippen LogP contribution in [0.3, 0.4) is 0 Å². The predicted octanol–water partition coefficient (Wildman–Crippen LogP) is 4.06. The van der Waals surface area contributed by atoms with Gasteiger partial charge in [0.05, 0.1) is 16.3 Å². The Morgan fingerprint density at radius 3 is 2.56 bits per heavy atom. The fourth-order valence-corrected chi connectivity index (χ4v) is 2.35. The second-order valence-corrected chi connectivity index (χ2v) is 4.41. The topological polar surface area (TPSA) is 22.0 Å². The number of carbonyl (C=O) groups excluding carboxylic acids is 1. The maximum atomic E-state index is 12.4. The predicted molar refractivity (Wildman–Crippen MR) is 64.5 cm³/mol. The van der Waals surface area contributed by atoms with Crippen LogP contribution in [-0.2, 0) is 0 Å². The second-order valence-electron chi connectivity index (χ2n) is 3.46. The average Bonchev–Trinajstić information content (AvgIpc) is 2.94. The molecule has 0 saturated heterocycles. The van der Waals surface area contributed by atoms with Crippen LogP contribution < -0.4 is 0 Å². The third kappa shape index (κ3) is 2.11. The molecule has 18 heavy (non-hydrogen) atoms. The zero-order chi connectivity index (χ0) is 13.3. The highest BCUT2D eigenvalue weighted by molar-refractivity contribution is 7.13. The number of thiophene rings is 1. The van der Waals surface area contributed by atoms with Crippen LogP contribution in [0, 0.1) is 0 Å². The number of rotatable bonds is 3. The summed E-state index contributed by atoms with van der Waals surface area (Å²) in [4.78, 5) is 12.0. The molecule has 0 aliphatic carbocycles. The Bertz CT molecular complexity index is 581. The number of alkyl halides is 3. The fraction of sp³-hybridized carbons (Fsp3) is 0.0833. The summed E-state index contributed by atoms with van der Waals surface area (Å²) in [5.41, 5.74) is 0.0912. The first-order chi connectivity index (χ1) is 8.45. The van der Waals surface area contributed by atoms with Crippen LogP contribution in [0.2, 0.25) is 0 Å². The van der Waals surface area contributed by atoms with Crippen molar-refractivity contribution in [1.82, 2.24) is 4.57 Å². The van der Waals surface area contributed by atoms with Gasteiger partial charge in [-0.25, -0.2) is 0 Å². The number of Topliss-reactive ketones (excluding diaryl/α,β-unsaturated/α-hetero) is 1. The van der Waals surface area contributed by atoms with Gasteiger partial charge in [0.2, 0.25) is 0 Å². The van der Waals surface area contributed by atoms with Crippen LogP contribution >= 0.6 is 11.3 Å². The van der Waals surface area contributed by atoms with E-state index in [1.807, 2.05) is 0 Å². The van der Waals surface area contributed by atoms with Gasteiger partial charge in [-0.2, -0.15) is 13.2 Å². The molecule has 0 radical (unpaired) electrons. The molecular formula is C12H8F3NOS. The molecule has 0 N–H and O–H groups in total. The molecule has 0 amide bonds. The number of carbonyl (C=O) groups is 1. The molecule has 0 spiro atoms. The molecule has 2 aromatic rings. The van der Waals surface area contributed by atoms with Crippen molar-refractivity contribution < 1.29 is 18.0 Å². The lowest BCUT2D eigenvalue weighted by molar-refractivity contribution is -0.0889. The molecule has 6 heteroatoms. The summed E-state index contributed by atoms with van der Waals surface area (Å²) in [5, 5.41) is 1.81. The molecule has 2 heterocycles. The molecular weight excluding hydrogens is 263 g/mol. The Labute approximate surface area is 105 Å². The van der Waals surface area contributed by atoms with Crippen LogP contribution in [0.25, 0.3) is 16.8 Å². The molecule has 0 fully saturated rings. The first-order valence-corrected chi connectivity index (χ1v) is 5.82.